The molecule has 0 amide bonds. The fourth-order valence-electron chi connectivity index (χ4n) is 2.28. The van der Waals surface area contributed by atoms with Gasteiger partial charge in [-0.05, 0) is 17.9 Å². The van der Waals surface area contributed by atoms with Crippen LogP contribution in [0.2, 0.25) is 0 Å². The lowest BCUT2D eigenvalue weighted by Gasteiger charge is -2.34. The summed E-state index contributed by atoms with van der Waals surface area (Å²) < 4.78 is 1.98. The summed E-state index contributed by atoms with van der Waals surface area (Å²) >= 11 is 0. The molecule has 19 heavy (non-hydrogen) atoms. The van der Waals surface area contributed by atoms with Gasteiger partial charge in [-0.3, -0.25) is 0 Å². The molecule has 3 heteroatoms. The van der Waals surface area contributed by atoms with Crippen LogP contribution in [0.5, 0.6) is 0 Å². The fourth-order valence-corrected chi connectivity index (χ4v) is 2.28. The monoisotopic (exact) mass is 258 g/mol. The van der Waals surface area contributed by atoms with Crippen molar-refractivity contribution in [1.82, 2.24) is 9.55 Å². The number of rotatable bonds is 3. The van der Waals surface area contributed by atoms with Crippen molar-refractivity contribution in [1.29, 1.82) is 0 Å². The first-order valence-electron chi connectivity index (χ1n) is 6.61. The van der Waals surface area contributed by atoms with Gasteiger partial charge in [-0.25, -0.2) is 4.98 Å². The largest absolute Gasteiger partial charge is 0.390 e. The minimum absolute atomic E-state index is 0.109. The highest BCUT2D eigenvalue weighted by atomic mass is 16.3. The smallest absolute Gasteiger partial charge is 0.0952 e. The van der Waals surface area contributed by atoms with Gasteiger partial charge in [-0.15, -0.1) is 0 Å². The second-order valence-electron chi connectivity index (χ2n) is 6.18. The van der Waals surface area contributed by atoms with Crippen LogP contribution in [-0.4, -0.2) is 20.8 Å². The molecule has 0 radical (unpaired) electrons. The Kier molecular flexibility index (Phi) is 3.76. The number of hydrogen-bond donors (Lipinski definition) is 1. The van der Waals surface area contributed by atoms with Crippen LogP contribution < -0.4 is 0 Å². The number of aromatic nitrogens is 2. The van der Waals surface area contributed by atoms with Crippen molar-refractivity contribution >= 4 is 0 Å². The highest BCUT2D eigenvalue weighted by molar-refractivity contribution is 5.27. The van der Waals surface area contributed by atoms with E-state index in [1.165, 1.54) is 5.56 Å². The van der Waals surface area contributed by atoms with Crippen LogP contribution in [0.4, 0.5) is 0 Å². The molecule has 0 bridgehead atoms. The first-order valence-corrected chi connectivity index (χ1v) is 6.61. The summed E-state index contributed by atoms with van der Waals surface area (Å²) in [5.74, 6) is 0. The number of aliphatic hydroxyl groups is 1. The van der Waals surface area contributed by atoms with E-state index in [2.05, 4.69) is 50.9 Å². The zero-order chi connectivity index (χ0) is 14.0. The molecule has 1 aromatic heterocycles. The van der Waals surface area contributed by atoms with Crippen LogP contribution >= 0.6 is 0 Å². The zero-order valence-electron chi connectivity index (χ0n) is 12.0. The number of nitrogens with zero attached hydrogens (tertiary/aromatic N) is 2. The number of aryl methyl sites for hydroxylation is 1. The average molecular weight is 258 g/mol. The van der Waals surface area contributed by atoms with E-state index in [0.29, 0.717) is 0 Å². The standard InChI is InChI=1S/C16H22N2O/c1-12-6-5-7-13(10-12)14(15(19)16(2,3)4)18-9-8-17-11-18/h5-11,14-15,19H,1-4H3. The molecule has 0 aliphatic heterocycles. The van der Waals surface area contributed by atoms with E-state index in [-0.39, 0.29) is 11.5 Å². The molecule has 2 unspecified atom stereocenters. The molecule has 1 heterocycles. The third-order valence-electron chi connectivity index (χ3n) is 3.42. The van der Waals surface area contributed by atoms with E-state index >= 15 is 0 Å². The molecule has 0 spiro atoms. The van der Waals surface area contributed by atoms with Crippen LogP contribution in [0.1, 0.15) is 37.9 Å². The third kappa shape index (κ3) is 3.04. The Morgan fingerprint density at radius 2 is 2.00 bits per heavy atom. The van der Waals surface area contributed by atoms with Gasteiger partial charge in [0.15, 0.2) is 0 Å². The summed E-state index contributed by atoms with van der Waals surface area (Å²) in [4.78, 5) is 4.11. The molecule has 2 aromatic rings. The molecular weight excluding hydrogens is 236 g/mol. The Hall–Kier alpha value is -1.61. The normalized spacial score (nSPS) is 15.2. The lowest BCUT2D eigenvalue weighted by molar-refractivity contribution is 0.0297. The SMILES string of the molecule is Cc1cccc(C(C(O)C(C)(C)C)n2ccnc2)c1. The van der Waals surface area contributed by atoms with E-state index < -0.39 is 6.10 Å². The number of imidazole rings is 1. The molecular formula is C16H22N2O. The van der Waals surface area contributed by atoms with Crippen molar-refractivity contribution < 1.29 is 5.11 Å². The summed E-state index contributed by atoms with van der Waals surface area (Å²) in [5, 5.41) is 10.7. The lowest BCUT2D eigenvalue weighted by Crippen LogP contribution is -2.35. The lowest BCUT2D eigenvalue weighted by atomic mass is 9.82. The van der Waals surface area contributed by atoms with E-state index in [1.54, 1.807) is 12.5 Å². The maximum absolute atomic E-state index is 10.7. The molecule has 0 saturated heterocycles. The van der Waals surface area contributed by atoms with Crippen LogP contribution in [-0.2, 0) is 0 Å². The first-order chi connectivity index (χ1) is 8.89. The summed E-state index contributed by atoms with van der Waals surface area (Å²) in [6.07, 6.45) is 4.94. The number of benzene rings is 1. The van der Waals surface area contributed by atoms with Gasteiger partial charge in [-0.1, -0.05) is 50.6 Å². The van der Waals surface area contributed by atoms with Crippen molar-refractivity contribution in [3.8, 4) is 0 Å². The van der Waals surface area contributed by atoms with Crippen molar-refractivity contribution in [3.63, 3.8) is 0 Å². The quantitative estimate of drug-likeness (QED) is 0.918. The summed E-state index contributed by atoms with van der Waals surface area (Å²) in [5.41, 5.74) is 2.11. The molecule has 0 fully saturated rings. The Balaban J connectivity index is 2.47. The topological polar surface area (TPSA) is 38.0 Å². The Morgan fingerprint density at radius 3 is 2.53 bits per heavy atom. The molecule has 102 valence electrons. The highest BCUT2D eigenvalue weighted by Gasteiger charge is 2.32. The first kappa shape index (κ1) is 13.8. The van der Waals surface area contributed by atoms with Crippen LogP contribution in [0.3, 0.4) is 0 Å². The van der Waals surface area contributed by atoms with E-state index in [1.807, 2.05) is 16.8 Å². The second kappa shape index (κ2) is 5.17. The maximum Gasteiger partial charge on any atom is 0.0952 e. The summed E-state index contributed by atoms with van der Waals surface area (Å²) in [6.45, 7) is 8.23. The third-order valence-corrected chi connectivity index (χ3v) is 3.42. The number of hydrogen-bond acceptors (Lipinski definition) is 2. The van der Waals surface area contributed by atoms with Crippen molar-refractivity contribution in [2.24, 2.45) is 5.41 Å². The van der Waals surface area contributed by atoms with Gasteiger partial charge in [0.25, 0.3) is 0 Å². The molecule has 0 aliphatic rings. The highest BCUT2D eigenvalue weighted by Crippen LogP contribution is 2.33. The minimum atomic E-state index is -0.483. The van der Waals surface area contributed by atoms with Gasteiger partial charge in [0.2, 0.25) is 0 Å². The van der Waals surface area contributed by atoms with Crippen molar-refractivity contribution in [3.05, 3.63) is 54.1 Å². The molecule has 0 saturated carbocycles. The predicted octanol–water partition coefficient (Wildman–Crippen LogP) is 3.19. The molecule has 2 rings (SSSR count). The van der Waals surface area contributed by atoms with Gasteiger partial charge in [0.1, 0.15) is 0 Å². The molecule has 3 nitrogen and oxygen atoms in total. The summed E-state index contributed by atoms with van der Waals surface area (Å²) in [7, 11) is 0. The van der Waals surface area contributed by atoms with Crippen LogP contribution in [0, 0.1) is 12.3 Å². The fraction of sp³-hybridized carbons (Fsp3) is 0.438. The molecule has 1 N–H and O–H groups in total. The average Bonchev–Trinajstić information content (AvgIpc) is 2.82. The van der Waals surface area contributed by atoms with Gasteiger partial charge >= 0.3 is 0 Å². The maximum atomic E-state index is 10.7. The summed E-state index contributed by atoms with van der Waals surface area (Å²) in [6, 6.07) is 8.18. The van der Waals surface area contributed by atoms with Crippen molar-refractivity contribution in [2.45, 2.75) is 39.8 Å². The Morgan fingerprint density at radius 1 is 1.26 bits per heavy atom. The van der Waals surface area contributed by atoms with E-state index in [4.69, 9.17) is 0 Å². The van der Waals surface area contributed by atoms with Gasteiger partial charge in [-0.2, -0.15) is 0 Å². The van der Waals surface area contributed by atoms with Gasteiger partial charge in [0, 0.05) is 12.4 Å². The molecule has 2 atom stereocenters. The predicted molar refractivity (Wildman–Crippen MR) is 77.0 cm³/mol. The molecule has 1 aromatic carbocycles. The molecule has 0 aliphatic carbocycles. The van der Waals surface area contributed by atoms with Crippen molar-refractivity contribution in [2.75, 3.05) is 0 Å². The van der Waals surface area contributed by atoms with Gasteiger partial charge < -0.3 is 9.67 Å². The minimum Gasteiger partial charge on any atom is -0.390 e. The van der Waals surface area contributed by atoms with Crippen LogP contribution in [0.25, 0.3) is 0 Å². The van der Waals surface area contributed by atoms with E-state index in [0.717, 1.165) is 5.56 Å². The second-order valence-corrected chi connectivity index (χ2v) is 6.18. The van der Waals surface area contributed by atoms with Gasteiger partial charge in [0.05, 0.1) is 18.5 Å². The Bertz CT molecular complexity index is 526. The van der Waals surface area contributed by atoms with E-state index in [9.17, 15) is 5.11 Å². The zero-order valence-corrected chi connectivity index (χ0v) is 12.0. The van der Waals surface area contributed by atoms with Crippen LogP contribution in [0.15, 0.2) is 43.0 Å². The number of aliphatic hydroxyl groups excluding tert-OH is 1. The Labute approximate surface area is 114 Å².